The highest BCUT2D eigenvalue weighted by atomic mass is 16.4. The number of piperazine rings is 1. The van der Waals surface area contributed by atoms with Gasteiger partial charge in [-0.2, -0.15) is 0 Å². The van der Waals surface area contributed by atoms with Crippen LogP contribution in [0.4, 0.5) is 0 Å². The van der Waals surface area contributed by atoms with Crippen LogP contribution in [0.3, 0.4) is 0 Å². The van der Waals surface area contributed by atoms with Crippen molar-refractivity contribution in [1.82, 2.24) is 14.7 Å². The van der Waals surface area contributed by atoms with E-state index in [1.807, 2.05) is 30.1 Å². The van der Waals surface area contributed by atoms with Gasteiger partial charge in [0, 0.05) is 51.7 Å². The van der Waals surface area contributed by atoms with E-state index in [0.717, 1.165) is 19.5 Å². The molecule has 2 aliphatic heterocycles. The lowest BCUT2D eigenvalue weighted by molar-refractivity contribution is -0.143. The van der Waals surface area contributed by atoms with Gasteiger partial charge in [0.2, 0.25) is 5.91 Å². The number of fused-ring (bicyclic) bond motifs is 1. The molecule has 2 heterocycles. The zero-order valence-electron chi connectivity index (χ0n) is 14.8. The fraction of sp³-hybridized carbons (Fsp3) is 0.579. The number of amides is 1. The summed E-state index contributed by atoms with van der Waals surface area (Å²) in [5.41, 5.74) is 1.19. The van der Waals surface area contributed by atoms with Gasteiger partial charge in [0.1, 0.15) is 0 Å². The van der Waals surface area contributed by atoms with Crippen LogP contribution in [0.1, 0.15) is 12.0 Å². The zero-order chi connectivity index (χ0) is 17.8. The third-order valence-corrected chi connectivity index (χ3v) is 5.29. The van der Waals surface area contributed by atoms with E-state index in [9.17, 15) is 14.7 Å². The molecule has 1 N–H and O–H groups in total. The van der Waals surface area contributed by atoms with Gasteiger partial charge in [0.05, 0.1) is 5.92 Å². The fourth-order valence-electron chi connectivity index (χ4n) is 3.89. The number of hydrogen-bond donors (Lipinski definition) is 1. The Kier molecular flexibility index (Phi) is 5.71. The maximum atomic E-state index is 12.6. The van der Waals surface area contributed by atoms with Crippen molar-refractivity contribution in [2.24, 2.45) is 5.92 Å². The molecular formula is C19H27N3O3. The number of likely N-dealkylation sites (N-methyl/N-ethyl adjacent to an activating group) is 1. The number of carboxylic acids is 1. The summed E-state index contributed by atoms with van der Waals surface area (Å²) in [5, 5.41) is 9.37. The molecule has 0 radical (unpaired) electrons. The number of nitrogens with zero attached hydrogens (tertiary/aromatic N) is 3. The van der Waals surface area contributed by atoms with Crippen LogP contribution in [0.5, 0.6) is 0 Å². The molecular weight excluding hydrogens is 318 g/mol. The number of carboxylic acid groups (broad SMARTS) is 1. The van der Waals surface area contributed by atoms with Crippen LogP contribution >= 0.6 is 0 Å². The molecule has 0 saturated carbocycles. The molecule has 2 saturated heterocycles. The minimum atomic E-state index is -0.728. The smallest absolute Gasteiger partial charge is 0.309 e. The second-order valence-electron chi connectivity index (χ2n) is 7.23. The van der Waals surface area contributed by atoms with E-state index in [-0.39, 0.29) is 17.9 Å². The molecule has 0 aromatic heterocycles. The summed E-state index contributed by atoms with van der Waals surface area (Å²) in [4.78, 5) is 30.3. The molecule has 0 spiro atoms. The van der Waals surface area contributed by atoms with Crippen molar-refractivity contribution in [1.29, 1.82) is 0 Å². The number of rotatable bonds is 4. The van der Waals surface area contributed by atoms with Crippen LogP contribution in [0, 0.1) is 5.92 Å². The van der Waals surface area contributed by atoms with Gasteiger partial charge in [-0.25, -0.2) is 0 Å². The van der Waals surface area contributed by atoms with Gasteiger partial charge in [-0.1, -0.05) is 30.3 Å². The molecule has 1 amide bonds. The van der Waals surface area contributed by atoms with E-state index in [1.165, 1.54) is 5.56 Å². The summed E-state index contributed by atoms with van der Waals surface area (Å²) >= 11 is 0. The first-order valence-electron chi connectivity index (χ1n) is 9.00. The number of hydrogen-bond acceptors (Lipinski definition) is 4. The van der Waals surface area contributed by atoms with Crippen molar-refractivity contribution in [2.75, 3.05) is 46.3 Å². The molecule has 2 aliphatic rings. The Balaban J connectivity index is 1.56. The highest BCUT2D eigenvalue weighted by Crippen LogP contribution is 2.19. The van der Waals surface area contributed by atoms with Gasteiger partial charge in [-0.15, -0.1) is 0 Å². The maximum absolute atomic E-state index is 12.6. The van der Waals surface area contributed by atoms with Gasteiger partial charge < -0.3 is 14.9 Å². The summed E-state index contributed by atoms with van der Waals surface area (Å²) in [5.74, 6) is -0.880. The molecule has 1 aromatic carbocycles. The van der Waals surface area contributed by atoms with E-state index in [2.05, 4.69) is 21.9 Å². The number of carbonyl (C=O) groups excluding carboxylic acids is 1. The summed E-state index contributed by atoms with van der Waals surface area (Å²) in [6.07, 6.45) is 1.30. The Hall–Kier alpha value is -1.92. The minimum Gasteiger partial charge on any atom is -0.481 e. The van der Waals surface area contributed by atoms with Crippen molar-refractivity contribution in [3.05, 3.63) is 35.9 Å². The third kappa shape index (κ3) is 4.58. The van der Waals surface area contributed by atoms with Crippen molar-refractivity contribution >= 4 is 11.9 Å². The lowest BCUT2D eigenvalue weighted by atomic mass is 10.1. The first-order valence-corrected chi connectivity index (χ1v) is 9.00. The van der Waals surface area contributed by atoms with Gasteiger partial charge in [0.25, 0.3) is 0 Å². The second kappa shape index (κ2) is 7.97. The average Bonchev–Trinajstić information content (AvgIpc) is 2.78. The van der Waals surface area contributed by atoms with Crippen molar-refractivity contribution < 1.29 is 14.7 Å². The Morgan fingerprint density at radius 1 is 1.08 bits per heavy atom. The average molecular weight is 345 g/mol. The van der Waals surface area contributed by atoms with Crippen LogP contribution in [0.2, 0.25) is 0 Å². The number of aryl methyl sites for hydroxylation is 1. The predicted octanol–water partition coefficient (Wildman–Crippen LogP) is 0.778. The van der Waals surface area contributed by atoms with Crippen LogP contribution < -0.4 is 0 Å². The molecule has 6 heteroatoms. The number of benzene rings is 1. The first kappa shape index (κ1) is 17.9. The normalized spacial score (nSPS) is 25.2. The Labute approximate surface area is 149 Å². The molecule has 6 nitrogen and oxygen atoms in total. The van der Waals surface area contributed by atoms with Crippen LogP contribution in [-0.2, 0) is 16.0 Å². The molecule has 3 rings (SSSR count). The highest BCUT2D eigenvalue weighted by Gasteiger charge is 2.36. The predicted molar refractivity (Wildman–Crippen MR) is 95.3 cm³/mol. The van der Waals surface area contributed by atoms with Crippen LogP contribution in [-0.4, -0.2) is 84.0 Å². The summed E-state index contributed by atoms with van der Waals surface area (Å²) in [6, 6.07) is 10.3. The Morgan fingerprint density at radius 3 is 2.56 bits per heavy atom. The molecule has 0 unspecified atom stereocenters. The first-order chi connectivity index (χ1) is 12.0. The topological polar surface area (TPSA) is 64.1 Å². The Bertz CT molecular complexity index is 607. The van der Waals surface area contributed by atoms with Crippen LogP contribution in [0.25, 0.3) is 0 Å². The lowest BCUT2D eigenvalue weighted by Crippen LogP contribution is -2.57. The van der Waals surface area contributed by atoms with E-state index in [4.69, 9.17) is 0 Å². The van der Waals surface area contributed by atoms with Crippen molar-refractivity contribution in [2.45, 2.75) is 18.9 Å². The highest BCUT2D eigenvalue weighted by molar-refractivity contribution is 5.76. The third-order valence-electron chi connectivity index (χ3n) is 5.29. The SMILES string of the molecule is CN1C[C@H](C(=O)O)CN2CCN(C(=O)CCc3ccccc3)C[C@H]2C1. The molecule has 0 aliphatic carbocycles. The summed E-state index contributed by atoms with van der Waals surface area (Å²) < 4.78 is 0. The van der Waals surface area contributed by atoms with E-state index < -0.39 is 5.97 Å². The van der Waals surface area contributed by atoms with Gasteiger partial charge >= 0.3 is 5.97 Å². The largest absolute Gasteiger partial charge is 0.481 e. The molecule has 136 valence electrons. The molecule has 2 atom stereocenters. The molecule has 2 fully saturated rings. The summed E-state index contributed by atoms with van der Waals surface area (Å²) in [6.45, 7) is 4.12. The maximum Gasteiger partial charge on any atom is 0.309 e. The quantitative estimate of drug-likeness (QED) is 0.874. The van der Waals surface area contributed by atoms with Gasteiger partial charge in [-0.3, -0.25) is 14.5 Å². The number of aliphatic carboxylic acids is 1. The fourth-order valence-corrected chi connectivity index (χ4v) is 3.89. The minimum absolute atomic E-state index is 0.199. The number of carbonyl (C=O) groups is 2. The lowest BCUT2D eigenvalue weighted by Gasteiger charge is -2.41. The standard InChI is InChI=1S/C19H27N3O3/c1-20-11-16(19(24)25)12-21-9-10-22(14-17(21)13-20)18(23)8-7-15-5-3-2-4-6-15/h2-6,16-17H,7-14H2,1H3,(H,24,25)/t16-,17+/m0/s1. The molecule has 1 aromatic rings. The molecule has 25 heavy (non-hydrogen) atoms. The Morgan fingerprint density at radius 2 is 1.84 bits per heavy atom. The second-order valence-corrected chi connectivity index (χ2v) is 7.23. The van der Waals surface area contributed by atoms with Crippen molar-refractivity contribution in [3.8, 4) is 0 Å². The summed E-state index contributed by atoms with van der Waals surface area (Å²) in [7, 11) is 1.97. The monoisotopic (exact) mass is 345 g/mol. The van der Waals surface area contributed by atoms with E-state index >= 15 is 0 Å². The van der Waals surface area contributed by atoms with Crippen LogP contribution in [0.15, 0.2) is 30.3 Å². The van der Waals surface area contributed by atoms with Crippen molar-refractivity contribution in [3.63, 3.8) is 0 Å². The van der Waals surface area contributed by atoms with Gasteiger partial charge in [-0.05, 0) is 19.0 Å². The van der Waals surface area contributed by atoms with E-state index in [1.54, 1.807) is 0 Å². The van der Waals surface area contributed by atoms with E-state index in [0.29, 0.717) is 32.6 Å². The molecule has 0 bridgehead atoms. The zero-order valence-corrected chi connectivity index (χ0v) is 14.8. The van der Waals surface area contributed by atoms with Gasteiger partial charge in [0.15, 0.2) is 0 Å².